The number of carbonyl (C=O) groups is 1. The van der Waals surface area contributed by atoms with Crippen LogP contribution in [0, 0.1) is 0 Å². The van der Waals surface area contributed by atoms with Gasteiger partial charge in [-0.25, -0.2) is 4.98 Å². The highest BCUT2D eigenvalue weighted by Crippen LogP contribution is 2.15. The molecule has 104 valence electrons. The standard InChI is InChI=1S/C12H12BrN5O2/c1-18-10-6(2-8(13)11(18)20)4-15-12(17-10)16-7-3-9(19)14-5-7/h2,4,7H,3,5H2,1H3,(H,14,19)(H,15,16,17)/t7-/m0/s1. The van der Waals surface area contributed by atoms with Gasteiger partial charge < -0.3 is 10.6 Å². The molecule has 1 saturated heterocycles. The summed E-state index contributed by atoms with van der Waals surface area (Å²) in [5.41, 5.74) is 0.396. The Morgan fingerprint density at radius 2 is 2.30 bits per heavy atom. The summed E-state index contributed by atoms with van der Waals surface area (Å²) in [5, 5.41) is 6.60. The van der Waals surface area contributed by atoms with Gasteiger partial charge in [-0.15, -0.1) is 0 Å². The van der Waals surface area contributed by atoms with Crippen molar-refractivity contribution < 1.29 is 4.79 Å². The fraction of sp³-hybridized carbons (Fsp3) is 0.333. The normalized spacial score (nSPS) is 18.3. The lowest BCUT2D eigenvalue weighted by atomic mass is 10.2. The van der Waals surface area contributed by atoms with Crippen molar-refractivity contribution >= 4 is 38.8 Å². The minimum atomic E-state index is -0.153. The van der Waals surface area contributed by atoms with Crippen LogP contribution in [0.25, 0.3) is 11.0 Å². The van der Waals surface area contributed by atoms with E-state index in [2.05, 4.69) is 36.5 Å². The average Bonchev–Trinajstić information content (AvgIpc) is 2.82. The molecule has 0 radical (unpaired) electrons. The minimum Gasteiger partial charge on any atom is -0.354 e. The van der Waals surface area contributed by atoms with Crippen LogP contribution in [0.15, 0.2) is 21.5 Å². The van der Waals surface area contributed by atoms with Crippen molar-refractivity contribution in [1.29, 1.82) is 0 Å². The molecule has 1 aliphatic rings. The number of halogens is 1. The SMILES string of the molecule is Cn1c(=O)c(Br)cc2cnc(N[C@@H]3CNC(=O)C3)nc21. The molecule has 0 spiro atoms. The van der Waals surface area contributed by atoms with E-state index in [0.717, 1.165) is 5.39 Å². The number of amides is 1. The molecule has 1 fully saturated rings. The molecule has 1 amide bonds. The summed E-state index contributed by atoms with van der Waals surface area (Å²) in [4.78, 5) is 31.6. The zero-order chi connectivity index (χ0) is 14.3. The Labute approximate surface area is 122 Å². The third-order valence-corrected chi connectivity index (χ3v) is 3.78. The molecular weight excluding hydrogens is 326 g/mol. The van der Waals surface area contributed by atoms with Crippen LogP contribution in [-0.2, 0) is 11.8 Å². The van der Waals surface area contributed by atoms with Crippen molar-refractivity contribution in [3.05, 3.63) is 27.1 Å². The maximum Gasteiger partial charge on any atom is 0.266 e. The van der Waals surface area contributed by atoms with Gasteiger partial charge in [0.05, 0.1) is 10.5 Å². The van der Waals surface area contributed by atoms with Crippen LogP contribution in [0.5, 0.6) is 0 Å². The van der Waals surface area contributed by atoms with E-state index in [9.17, 15) is 9.59 Å². The Balaban J connectivity index is 1.98. The summed E-state index contributed by atoms with van der Waals surface area (Å²) in [7, 11) is 1.66. The summed E-state index contributed by atoms with van der Waals surface area (Å²) >= 11 is 3.21. The Morgan fingerprint density at radius 3 is 3.00 bits per heavy atom. The van der Waals surface area contributed by atoms with Crippen molar-refractivity contribution in [1.82, 2.24) is 19.9 Å². The number of fused-ring (bicyclic) bond motifs is 1. The number of nitrogens with zero attached hydrogens (tertiary/aromatic N) is 3. The van der Waals surface area contributed by atoms with Crippen LogP contribution in [0.2, 0.25) is 0 Å². The monoisotopic (exact) mass is 337 g/mol. The minimum absolute atomic E-state index is 0.0135. The van der Waals surface area contributed by atoms with Gasteiger partial charge in [-0.05, 0) is 22.0 Å². The number of aromatic nitrogens is 3. The van der Waals surface area contributed by atoms with Crippen LogP contribution in [0.1, 0.15) is 6.42 Å². The van der Waals surface area contributed by atoms with Gasteiger partial charge in [-0.2, -0.15) is 4.98 Å². The summed E-state index contributed by atoms with van der Waals surface area (Å²) in [6.07, 6.45) is 2.06. The Kier molecular flexibility index (Phi) is 3.17. The van der Waals surface area contributed by atoms with E-state index in [-0.39, 0.29) is 17.5 Å². The van der Waals surface area contributed by atoms with Crippen LogP contribution in [-0.4, -0.2) is 33.0 Å². The molecule has 20 heavy (non-hydrogen) atoms. The summed E-state index contributed by atoms with van der Waals surface area (Å²) < 4.78 is 1.94. The molecule has 8 heteroatoms. The molecule has 0 aliphatic carbocycles. The van der Waals surface area contributed by atoms with Crippen molar-refractivity contribution in [3.8, 4) is 0 Å². The second-order valence-corrected chi connectivity index (χ2v) is 5.53. The number of hydrogen-bond donors (Lipinski definition) is 2. The maximum atomic E-state index is 11.9. The quantitative estimate of drug-likeness (QED) is 0.827. The Hall–Kier alpha value is -1.96. The van der Waals surface area contributed by atoms with E-state index in [0.29, 0.717) is 29.0 Å². The van der Waals surface area contributed by atoms with E-state index in [1.54, 1.807) is 19.3 Å². The van der Waals surface area contributed by atoms with Gasteiger partial charge in [0.1, 0.15) is 5.65 Å². The van der Waals surface area contributed by atoms with Gasteiger partial charge in [0.25, 0.3) is 5.56 Å². The first-order valence-corrected chi connectivity index (χ1v) is 6.89. The van der Waals surface area contributed by atoms with Crippen molar-refractivity contribution in [2.75, 3.05) is 11.9 Å². The molecule has 1 atom stereocenters. The van der Waals surface area contributed by atoms with Crippen LogP contribution in [0.3, 0.4) is 0 Å². The van der Waals surface area contributed by atoms with Gasteiger partial charge in [0, 0.05) is 31.6 Å². The highest BCUT2D eigenvalue weighted by molar-refractivity contribution is 9.10. The lowest BCUT2D eigenvalue weighted by Gasteiger charge is -2.11. The molecule has 3 heterocycles. The lowest BCUT2D eigenvalue weighted by Crippen LogP contribution is -2.24. The predicted octanol–water partition coefficient (Wildman–Crippen LogP) is 0.391. The molecule has 2 N–H and O–H groups in total. The Morgan fingerprint density at radius 1 is 1.50 bits per heavy atom. The highest BCUT2D eigenvalue weighted by Gasteiger charge is 2.22. The molecule has 0 aromatic carbocycles. The molecule has 0 unspecified atom stereocenters. The fourth-order valence-electron chi connectivity index (χ4n) is 2.17. The second kappa shape index (κ2) is 4.86. The number of aryl methyl sites for hydroxylation is 1. The van der Waals surface area contributed by atoms with Crippen LogP contribution >= 0.6 is 15.9 Å². The van der Waals surface area contributed by atoms with Gasteiger partial charge in [-0.1, -0.05) is 0 Å². The third-order valence-electron chi connectivity index (χ3n) is 3.22. The van der Waals surface area contributed by atoms with E-state index in [1.165, 1.54) is 4.57 Å². The molecule has 3 rings (SSSR count). The molecule has 0 bridgehead atoms. The predicted molar refractivity (Wildman–Crippen MR) is 77.5 cm³/mol. The largest absolute Gasteiger partial charge is 0.354 e. The fourth-order valence-corrected chi connectivity index (χ4v) is 2.68. The molecule has 2 aromatic rings. The average molecular weight is 338 g/mol. The van der Waals surface area contributed by atoms with Crippen molar-refractivity contribution in [2.24, 2.45) is 7.05 Å². The number of rotatable bonds is 2. The molecule has 7 nitrogen and oxygen atoms in total. The number of hydrogen-bond acceptors (Lipinski definition) is 5. The highest BCUT2D eigenvalue weighted by atomic mass is 79.9. The number of pyridine rings is 1. The zero-order valence-electron chi connectivity index (χ0n) is 10.7. The smallest absolute Gasteiger partial charge is 0.266 e. The van der Waals surface area contributed by atoms with Gasteiger partial charge >= 0.3 is 0 Å². The van der Waals surface area contributed by atoms with Gasteiger partial charge in [0.15, 0.2) is 0 Å². The Bertz CT molecular complexity index is 757. The van der Waals surface area contributed by atoms with E-state index in [4.69, 9.17) is 0 Å². The first-order valence-electron chi connectivity index (χ1n) is 6.10. The second-order valence-electron chi connectivity index (χ2n) is 4.68. The number of nitrogens with one attached hydrogen (secondary N) is 2. The first kappa shape index (κ1) is 13.0. The van der Waals surface area contributed by atoms with Crippen molar-refractivity contribution in [2.45, 2.75) is 12.5 Å². The van der Waals surface area contributed by atoms with Gasteiger partial charge in [-0.3, -0.25) is 14.2 Å². The number of anilines is 1. The van der Waals surface area contributed by atoms with Crippen molar-refractivity contribution in [3.63, 3.8) is 0 Å². The molecule has 0 saturated carbocycles. The van der Waals surface area contributed by atoms with Crippen LogP contribution < -0.4 is 16.2 Å². The van der Waals surface area contributed by atoms with E-state index >= 15 is 0 Å². The third kappa shape index (κ3) is 2.26. The summed E-state index contributed by atoms with van der Waals surface area (Å²) in [6, 6.07) is 1.68. The number of carbonyl (C=O) groups excluding carboxylic acids is 1. The zero-order valence-corrected chi connectivity index (χ0v) is 12.3. The molecular formula is C12H12BrN5O2. The van der Waals surface area contributed by atoms with E-state index in [1.807, 2.05) is 0 Å². The molecule has 1 aliphatic heterocycles. The topological polar surface area (TPSA) is 88.9 Å². The lowest BCUT2D eigenvalue weighted by molar-refractivity contribution is -0.119. The maximum absolute atomic E-state index is 11.9. The summed E-state index contributed by atoms with van der Waals surface area (Å²) in [6.45, 7) is 0.555. The van der Waals surface area contributed by atoms with Gasteiger partial charge in [0.2, 0.25) is 11.9 Å². The summed E-state index contributed by atoms with van der Waals surface area (Å²) in [5.74, 6) is 0.427. The van der Waals surface area contributed by atoms with Crippen LogP contribution in [0.4, 0.5) is 5.95 Å². The van der Waals surface area contributed by atoms with E-state index < -0.39 is 0 Å². The first-order chi connectivity index (χ1) is 9.54. The molecule has 2 aromatic heterocycles.